The Kier molecular flexibility index (Phi) is 5.39. The van der Waals surface area contributed by atoms with Crippen molar-refractivity contribution in [1.29, 1.82) is 0 Å². The summed E-state index contributed by atoms with van der Waals surface area (Å²) in [6, 6.07) is 13.3. The molecular weight excluding hydrogens is 346 g/mol. The largest absolute Gasteiger partial charge is 0.497 e. The van der Waals surface area contributed by atoms with E-state index in [-0.39, 0.29) is 5.41 Å². The Balaban J connectivity index is 1.83. The monoisotopic (exact) mass is 373 g/mol. The van der Waals surface area contributed by atoms with Crippen LogP contribution in [-0.2, 0) is 15.4 Å². The third-order valence-corrected chi connectivity index (χ3v) is 7.05. The number of nitrogens with one attached hydrogen (secondary N) is 1. The van der Waals surface area contributed by atoms with Gasteiger partial charge in [-0.25, -0.2) is 13.1 Å². The third-order valence-electron chi connectivity index (χ3n) is 5.65. The van der Waals surface area contributed by atoms with Crippen molar-refractivity contribution in [3.8, 4) is 5.75 Å². The number of hydrogen-bond acceptors (Lipinski definition) is 3. The maximum atomic E-state index is 12.8. The molecule has 2 aromatic carbocycles. The van der Waals surface area contributed by atoms with Crippen LogP contribution in [0.3, 0.4) is 0 Å². The number of hydrogen-bond donors (Lipinski definition) is 1. The Morgan fingerprint density at radius 1 is 1.00 bits per heavy atom. The molecule has 0 saturated heterocycles. The van der Waals surface area contributed by atoms with E-state index >= 15 is 0 Å². The average molecular weight is 374 g/mol. The van der Waals surface area contributed by atoms with Gasteiger partial charge in [-0.05, 0) is 67.6 Å². The van der Waals surface area contributed by atoms with Crippen LogP contribution in [0.4, 0.5) is 0 Å². The highest BCUT2D eigenvalue weighted by Crippen LogP contribution is 2.41. The smallest absolute Gasteiger partial charge is 0.240 e. The molecule has 140 valence electrons. The van der Waals surface area contributed by atoms with Gasteiger partial charge in [-0.3, -0.25) is 0 Å². The van der Waals surface area contributed by atoms with E-state index in [1.54, 1.807) is 19.2 Å². The van der Waals surface area contributed by atoms with Gasteiger partial charge in [0.05, 0.1) is 12.0 Å². The van der Waals surface area contributed by atoms with Crippen molar-refractivity contribution >= 4 is 10.0 Å². The second-order valence-electron chi connectivity index (χ2n) is 7.29. The van der Waals surface area contributed by atoms with E-state index < -0.39 is 10.0 Å². The van der Waals surface area contributed by atoms with Crippen molar-refractivity contribution in [3.63, 3.8) is 0 Å². The maximum Gasteiger partial charge on any atom is 0.240 e. The lowest BCUT2D eigenvalue weighted by atomic mass is 9.79. The number of methoxy groups -OCH3 is 1. The molecule has 0 atom stereocenters. The van der Waals surface area contributed by atoms with Crippen molar-refractivity contribution in [3.05, 3.63) is 59.2 Å². The minimum atomic E-state index is -3.52. The summed E-state index contributed by atoms with van der Waals surface area (Å²) in [7, 11) is -1.87. The minimum Gasteiger partial charge on any atom is -0.497 e. The van der Waals surface area contributed by atoms with E-state index in [4.69, 9.17) is 4.74 Å². The summed E-state index contributed by atoms with van der Waals surface area (Å²) < 4.78 is 33.7. The molecule has 0 spiro atoms. The zero-order chi connectivity index (χ0) is 18.8. The summed E-state index contributed by atoms with van der Waals surface area (Å²) in [6.45, 7) is 4.34. The number of ether oxygens (including phenoxy) is 1. The molecule has 1 N–H and O–H groups in total. The molecule has 3 rings (SSSR count). The Morgan fingerprint density at radius 3 is 2.23 bits per heavy atom. The van der Waals surface area contributed by atoms with Gasteiger partial charge in [0.15, 0.2) is 0 Å². The number of benzene rings is 2. The number of sulfonamides is 1. The highest BCUT2D eigenvalue weighted by Gasteiger charge is 2.36. The second kappa shape index (κ2) is 7.41. The lowest BCUT2D eigenvalue weighted by Gasteiger charge is -2.30. The average Bonchev–Trinajstić information content (AvgIpc) is 3.13. The van der Waals surface area contributed by atoms with Crippen LogP contribution < -0.4 is 9.46 Å². The fourth-order valence-electron chi connectivity index (χ4n) is 3.76. The molecule has 1 aliphatic carbocycles. The Hall–Kier alpha value is -1.85. The van der Waals surface area contributed by atoms with Crippen molar-refractivity contribution in [2.75, 3.05) is 13.7 Å². The highest BCUT2D eigenvalue weighted by molar-refractivity contribution is 7.89. The van der Waals surface area contributed by atoms with Gasteiger partial charge in [-0.1, -0.05) is 31.0 Å². The molecule has 0 unspecified atom stereocenters. The summed E-state index contributed by atoms with van der Waals surface area (Å²) in [5.41, 5.74) is 3.12. The van der Waals surface area contributed by atoms with Crippen LogP contribution in [0, 0.1) is 13.8 Å². The SMILES string of the molecule is COc1ccc(C2(CNS(=O)(=O)c3ccc(C)c(C)c3)CCCC2)cc1. The fourth-order valence-corrected chi connectivity index (χ4v) is 4.97. The van der Waals surface area contributed by atoms with Gasteiger partial charge in [0.2, 0.25) is 10.0 Å². The minimum absolute atomic E-state index is 0.140. The lowest BCUT2D eigenvalue weighted by molar-refractivity contribution is 0.410. The Labute approximate surface area is 156 Å². The van der Waals surface area contributed by atoms with Gasteiger partial charge < -0.3 is 4.74 Å². The first-order chi connectivity index (χ1) is 12.4. The van der Waals surface area contributed by atoms with Crippen LogP contribution in [0.5, 0.6) is 5.75 Å². The predicted molar refractivity (Wildman–Crippen MR) is 104 cm³/mol. The van der Waals surface area contributed by atoms with Crippen molar-refractivity contribution in [1.82, 2.24) is 4.72 Å². The summed E-state index contributed by atoms with van der Waals surface area (Å²) in [6.07, 6.45) is 4.23. The van der Waals surface area contributed by atoms with Crippen LogP contribution >= 0.6 is 0 Å². The predicted octanol–water partition coefficient (Wildman–Crippen LogP) is 4.10. The van der Waals surface area contributed by atoms with E-state index in [0.717, 1.165) is 42.6 Å². The van der Waals surface area contributed by atoms with Crippen molar-refractivity contribution in [2.45, 2.75) is 49.8 Å². The standard InChI is InChI=1S/C21H27NO3S/c1-16-6-11-20(14-17(16)2)26(23,24)22-15-21(12-4-5-13-21)18-7-9-19(25-3)10-8-18/h6-11,14,22H,4-5,12-13,15H2,1-3H3. The quantitative estimate of drug-likeness (QED) is 0.829. The zero-order valence-corrected chi connectivity index (χ0v) is 16.5. The molecule has 0 aromatic heterocycles. The van der Waals surface area contributed by atoms with Crippen LogP contribution in [0.2, 0.25) is 0 Å². The van der Waals surface area contributed by atoms with E-state index in [0.29, 0.717) is 11.4 Å². The highest BCUT2D eigenvalue weighted by atomic mass is 32.2. The number of aryl methyl sites for hydroxylation is 2. The van der Waals surface area contributed by atoms with Gasteiger partial charge in [0.1, 0.15) is 5.75 Å². The first-order valence-electron chi connectivity index (χ1n) is 9.08. The first-order valence-corrected chi connectivity index (χ1v) is 10.6. The van der Waals surface area contributed by atoms with Crippen LogP contribution in [0.1, 0.15) is 42.4 Å². The molecule has 5 heteroatoms. The van der Waals surface area contributed by atoms with Crippen molar-refractivity contribution < 1.29 is 13.2 Å². The Bertz CT molecular complexity index is 867. The molecule has 26 heavy (non-hydrogen) atoms. The van der Waals surface area contributed by atoms with Crippen LogP contribution in [-0.4, -0.2) is 22.1 Å². The summed E-state index contributed by atoms with van der Waals surface area (Å²) >= 11 is 0. The summed E-state index contributed by atoms with van der Waals surface area (Å²) in [5.74, 6) is 0.817. The fraction of sp³-hybridized carbons (Fsp3) is 0.429. The van der Waals surface area contributed by atoms with E-state index in [1.807, 2.05) is 32.0 Å². The van der Waals surface area contributed by atoms with Crippen LogP contribution in [0.25, 0.3) is 0 Å². The van der Waals surface area contributed by atoms with Crippen LogP contribution in [0.15, 0.2) is 47.4 Å². The Morgan fingerprint density at radius 2 is 1.65 bits per heavy atom. The molecule has 2 aromatic rings. The third kappa shape index (κ3) is 3.79. The maximum absolute atomic E-state index is 12.8. The van der Waals surface area contributed by atoms with Gasteiger partial charge >= 0.3 is 0 Å². The molecule has 0 bridgehead atoms. The van der Waals surface area contributed by atoms with E-state index in [9.17, 15) is 8.42 Å². The summed E-state index contributed by atoms with van der Waals surface area (Å²) in [4.78, 5) is 0.337. The normalized spacial score (nSPS) is 16.6. The van der Waals surface area contributed by atoms with Gasteiger partial charge in [-0.2, -0.15) is 0 Å². The van der Waals surface area contributed by atoms with Gasteiger partial charge in [0, 0.05) is 12.0 Å². The zero-order valence-electron chi connectivity index (χ0n) is 15.7. The van der Waals surface area contributed by atoms with Gasteiger partial charge in [-0.15, -0.1) is 0 Å². The molecule has 0 amide bonds. The molecule has 0 heterocycles. The number of rotatable bonds is 6. The molecule has 0 radical (unpaired) electrons. The molecule has 1 fully saturated rings. The van der Waals surface area contributed by atoms with Gasteiger partial charge in [0.25, 0.3) is 0 Å². The molecule has 1 aliphatic rings. The van der Waals surface area contributed by atoms with E-state index in [2.05, 4.69) is 16.9 Å². The molecule has 4 nitrogen and oxygen atoms in total. The first kappa shape index (κ1) is 18.9. The molecule has 1 saturated carbocycles. The molecular formula is C21H27NO3S. The van der Waals surface area contributed by atoms with E-state index in [1.165, 1.54) is 5.56 Å². The lowest BCUT2D eigenvalue weighted by Crippen LogP contribution is -2.39. The molecule has 0 aliphatic heterocycles. The summed E-state index contributed by atoms with van der Waals surface area (Å²) in [5, 5.41) is 0. The second-order valence-corrected chi connectivity index (χ2v) is 9.05. The van der Waals surface area contributed by atoms with Crippen molar-refractivity contribution in [2.24, 2.45) is 0 Å². The topological polar surface area (TPSA) is 55.4 Å².